The molecule has 3 fully saturated rings. The van der Waals surface area contributed by atoms with Crippen LogP contribution in [0.25, 0.3) is 0 Å². The van der Waals surface area contributed by atoms with E-state index in [2.05, 4.69) is 11.4 Å². The van der Waals surface area contributed by atoms with Gasteiger partial charge in [-0.15, -0.1) is 0 Å². The van der Waals surface area contributed by atoms with Gasteiger partial charge >= 0.3 is 6.09 Å². The van der Waals surface area contributed by atoms with Crippen molar-refractivity contribution in [2.24, 2.45) is 0 Å². The minimum Gasteiger partial charge on any atom is -0.444 e. The second-order valence-corrected chi connectivity index (χ2v) is 12.8. The Kier molecular flexibility index (Phi) is 7.72. The summed E-state index contributed by atoms with van der Waals surface area (Å²) in [5.74, 6) is -0.325. The van der Waals surface area contributed by atoms with Crippen LogP contribution in [0.4, 0.5) is 4.79 Å². The lowest BCUT2D eigenvalue weighted by Gasteiger charge is -2.39. The summed E-state index contributed by atoms with van der Waals surface area (Å²) in [6, 6.07) is 6.12. The summed E-state index contributed by atoms with van der Waals surface area (Å²) < 4.78 is 5.43. The number of piperazine rings is 1. The van der Waals surface area contributed by atoms with E-state index >= 15 is 0 Å². The Hall–Kier alpha value is -3.65. The highest BCUT2D eigenvalue weighted by Crippen LogP contribution is 2.44. The van der Waals surface area contributed by atoms with Crippen molar-refractivity contribution in [3.05, 3.63) is 34.9 Å². The second-order valence-electron chi connectivity index (χ2n) is 12.8. The summed E-state index contributed by atoms with van der Waals surface area (Å²) in [5, 5.41) is 12.3. The predicted octanol–water partition coefficient (Wildman–Crippen LogP) is 2.07. The summed E-state index contributed by atoms with van der Waals surface area (Å²) in [6.45, 7) is 6.50. The molecule has 5 atom stereocenters. The molecule has 220 valence electrons. The van der Waals surface area contributed by atoms with Gasteiger partial charge < -0.3 is 24.8 Å². The molecule has 5 rings (SSSR count). The number of nitriles is 1. The fourth-order valence-corrected chi connectivity index (χ4v) is 6.81. The fraction of sp³-hybridized carbons (Fsp3) is 0.633. The molecule has 3 heterocycles. The summed E-state index contributed by atoms with van der Waals surface area (Å²) in [6.07, 6.45) is 2.94. The van der Waals surface area contributed by atoms with Crippen molar-refractivity contribution >= 4 is 23.8 Å². The van der Waals surface area contributed by atoms with Crippen molar-refractivity contribution < 1.29 is 23.9 Å². The maximum atomic E-state index is 13.7. The molecule has 0 aromatic heterocycles. The van der Waals surface area contributed by atoms with Gasteiger partial charge in [0.2, 0.25) is 11.8 Å². The number of alkyl carbamates (subject to hydrolysis) is 1. The van der Waals surface area contributed by atoms with Gasteiger partial charge in [0.05, 0.1) is 18.2 Å². The zero-order valence-electron chi connectivity index (χ0n) is 24.6. The Bertz CT molecular complexity index is 1280. The number of rotatable bonds is 6. The third-order valence-corrected chi connectivity index (χ3v) is 8.58. The average Bonchev–Trinajstić information content (AvgIpc) is 3.69. The molecule has 11 heteroatoms. The first-order valence-electron chi connectivity index (χ1n) is 14.5. The molecule has 1 N–H and O–H groups in total. The second kappa shape index (κ2) is 11.0. The van der Waals surface area contributed by atoms with Crippen LogP contribution < -0.4 is 5.32 Å². The Morgan fingerprint density at radius 2 is 1.95 bits per heavy atom. The van der Waals surface area contributed by atoms with Gasteiger partial charge in [-0.25, -0.2) is 4.79 Å². The van der Waals surface area contributed by atoms with E-state index in [1.165, 1.54) is 4.90 Å². The van der Waals surface area contributed by atoms with Crippen LogP contribution in [0.5, 0.6) is 0 Å². The quantitative estimate of drug-likeness (QED) is 0.561. The van der Waals surface area contributed by atoms with Gasteiger partial charge in [-0.1, -0.05) is 6.07 Å². The van der Waals surface area contributed by atoms with E-state index < -0.39 is 23.8 Å². The summed E-state index contributed by atoms with van der Waals surface area (Å²) in [5.41, 5.74) is 2.13. The van der Waals surface area contributed by atoms with E-state index in [-0.39, 0.29) is 42.4 Å². The van der Waals surface area contributed by atoms with Crippen LogP contribution in [0.2, 0.25) is 0 Å². The van der Waals surface area contributed by atoms with E-state index in [0.29, 0.717) is 31.5 Å². The zero-order valence-corrected chi connectivity index (χ0v) is 24.6. The number of ether oxygens (including phenoxy) is 1. The number of aryl methyl sites for hydroxylation is 1. The lowest BCUT2D eigenvalue weighted by atomic mass is 10.0. The number of amides is 4. The van der Waals surface area contributed by atoms with Crippen molar-refractivity contribution in [1.82, 2.24) is 24.9 Å². The van der Waals surface area contributed by atoms with Gasteiger partial charge in [-0.3, -0.25) is 19.3 Å². The van der Waals surface area contributed by atoms with E-state index in [1.54, 1.807) is 39.8 Å². The first-order chi connectivity index (χ1) is 19.4. The Balaban J connectivity index is 1.30. The molecule has 3 saturated heterocycles. The average molecular weight is 565 g/mol. The van der Waals surface area contributed by atoms with E-state index in [4.69, 9.17) is 4.74 Å². The van der Waals surface area contributed by atoms with Crippen molar-refractivity contribution in [3.63, 3.8) is 0 Å². The number of hydrogen-bond acceptors (Lipinski definition) is 7. The molecule has 1 aromatic carbocycles. The maximum absolute atomic E-state index is 13.7. The van der Waals surface area contributed by atoms with Crippen LogP contribution in [-0.4, -0.2) is 107 Å². The SMILES string of the molecule is CN(C)C(=O)c1ccc2c(c1)CC[C@H]2N1C(=O)[C@@H]2C[C@H]1CN2C[C@H](NC(=O)OC(C)(C)C)C(=O)N1CCC[C@H]1C#N. The first kappa shape index (κ1) is 28.9. The number of nitrogens with one attached hydrogen (secondary N) is 1. The number of hydrogen-bond donors (Lipinski definition) is 1. The van der Waals surface area contributed by atoms with Gasteiger partial charge in [-0.2, -0.15) is 5.26 Å². The minimum atomic E-state index is -0.931. The van der Waals surface area contributed by atoms with Crippen molar-refractivity contribution in [1.29, 1.82) is 5.26 Å². The monoisotopic (exact) mass is 564 g/mol. The molecule has 1 aromatic rings. The number of carbonyl (C=O) groups excluding carboxylic acids is 4. The van der Waals surface area contributed by atoms with Crippen LogP contribution in [0.15, 0.2) is 18.2 Å². The molecular weight excluding hydrogens is 524 g/mol. The largest absolute Gasteiger partial charge is 0.444 e. The van der Waals surface area contributed by atoms with E-state index in [1.807, 2.05) is 28.0 Å². The molecular formula is C30H40N6O5. The smallest absolute Gasteiger partial charge is 0.408 e. The number of fused-ring (bicyclic) bond motifs is 3. The maximum Gasteiger partial charge on any atom is 0.408 e. The normalized spacial score (nSPS) is 26.1. The predicted molar refractivity (Wildman–Crippen MR) is 150 cm³/mol. The molecule has 4 amide bonds. The Morgan fingerprint density at radius 3 is 2.61 bits per heavy atom. The lowest BCUT2D eigenvalue weighted by molar-refractivity contribution is -0.141. The van der Waals surface area contributed by atoms with Crippen molar-refractivity contribution in [2.45, 2.75) is 88.7 Å². The molecule has 41 heavy (non-hydrogen) atoms. The highest BCUT2D eigenvalue weighted by Gasteiger charge is 2.53. The highest BCUT2D eigenvalue weighted by molar-refractivity contribution is 5.94. The zero-order chi connectivity index (χ0) is 29.6. The molecule has 3 aliphatic heterocycles. The van der Waals surface area contributed by atoms with Crippen molar-refractivity contribution in [2.75, 3.05) is 33.7 Å². The summed E-state index contributed by atoms with van der Waals surface area (Å²) in [4.78, 5) is 59.5. The molecule has 4 aliphatic rings. The Labute approximate surface area is 241 Å². The molecule has 11 nitrogen and oxygen atoms in total. The number of nitrogens with zero attached hydrogens (tertiary/aromatic N) is 5. The highest BCUT2D eigenvalue weighted by atomic mass is 16.6. The van der Waals surface area contributed by atoms with Crippen LogP contribution >= 0.6 is 0 Å². The van der Waals surface area contributed by atoms with Gasteiger partial charge in [0, 0.05) is 45.3 Å². The van der Waals surface area contributed by atoms with Gasteiger partial charge in [0.25, 0.3) is 5.91 Å². The number of likely N-dealkylation sites (tertiary alicyclic amines) is 3. The molecule has 2 bridgehead atoms. The standard InChI is InChI=1S/C30H40N6O5/c1-30(2,3)41-29(40)32-23(27(38)35-12-6-7-20(35)15-31)17-34-16-21-14-25(34)28(39)36(21)24-11-9-18-13-19(8-10-22(18)24)26(37)33(4)5/h8,10,13,20-21,23-25H,6-7,9,11-12,14,16-17H2,1-5H3,(H,32,40)/t20-,21-,23-,24+,25-/m0/s1. The topological polar surface area (TPSA) is 126 Å². The number of benzene rings is 1. The van der Waals surface area contributed by atoms with E-state index in [0.717, 1.165) is 30.4 Å². The third-order valence-electron chi connectivity index (χ3n) is 8.58. The molecule has 1 aliphatic carbocycles. The molecule has 0 radical (unpaired) electrons. The van der Waals surface area contributed by atoms with Gasteiger partial charge in [-0.05, 0) is 76.1 Å². The van der Waals surface area contributed by atoms with Crippen molar-refractivity contribution in [3.8, 4) is 6.07 Å². The van der Waals surface area contributed by atoms with Crippen LogP contribution in [-0.2, 0) is 20.7 Å². The van der Waals surface area contributed by atoms with Crippen LogP contribution in [0.3, 0.4) is 0 Å². The lowest BCUT2D eigenvalue weighted by Crippen LogP contribution is -2.59. The van der Waals surface area contributed by atoms with Gasteiger partial charge in [0.15, 0.2) is 0 Å². The molecule has 0 unspecified atom stereocenters. The van der Waals surface area contributed by atoms with Crippen LogP contribution in [0.1, 0.15) is 74.0 Å². The third kappa shape index (κ3) is 5.62. The minimum absolute atomic E-state index is 0.00227. The Morgan fingerprint density at radius 1 is 1.20 bits per heavy atom. The molecule has 0 saturated carbocycles. The number of carbonyl (C=O) groups is 4. The molecule has 0 spiro atoms. The van der Waals surface area contributed by atoms with Gasteiger partial charge in [0.1, 0.15) is 17.7 Å². The van der Waals surface area contributed by atoms with Crippen LogP contribution in [0, 0.1) is 11.3 Å². The first-order valence-corrected chi connectivity index (χ1v) is 14.5. The fourth-order valence-electron chi connectivity index (χ4n) is 6.81. The van der Waals surface area contributed by atoms with E-state index in [9.17, 15) is 24.4 Å². The summed E-state index contributed by atoms with van der Waals surface area (Å²) in [7, 11) is 3.47. The summed E-state index contributed by atoms with van der Waals surface area (Å²) >= 11 is 0.